The van der Waals surface area contributed by atoms with E-state index in [0.717, 1.165) is 18.5 Å². The fourth-order valence-electron chi connectivity index (χ4n) is 2.61. The fourth-order valence-corrected chi connectivity index (χ4v) is 2.61. The van der Waals surface area contributed by atoms with Crippen molar-refractivity contribution in [2.75, 3.05) is 6.54 Å². The SMILES string of the molecule is CCCNC(c1cncc(C)c1)c1cnn2ccccc12. The van der Waals surface area contributed by atoms with Gasteiger partial charge in [0.15, 0.2) is 0 Å². The van der Waals surface area contributed by atoms with Gasteiger partial charge < -0.3 is 5.32 Å². The summed E-state index contributed by atoms with van der Waals surface area (Å²) in [5.41, 5.74) is 4.68. The second-order valence-corrected chi connectivity index (χ2v) is 5.31. The van der Waals surface area contributed by atoms with E-state index in [-0.39, 0.29) is 6.04 Å². The molecule has 0 bridgehead atoms. The van der Waals surface area contributed by atoms with Crippen molar-refractivity contribution in [1.29, 1.82) is 0 Å². The number of hydrogen-bond acceptors (Lipinski definition) is 3. The third kappa shape index (κ3) is 2.81. The normalized spacial score (nSPS) is 12.7. The van der Waals surface area contributed by atoms with Crippen LogP contribution in [0.4, 0.5) is 0 Å². The van der Waals surface area contributed by atoms with Crippen LogP contribution in [0.15, 0.2) is 49.1 Å². The molecule has 0 aliphatic heterocycles. The molecule has 0 aliphatic carbocycles. The van der Waals surface area contributed by atoms with Crippen LogP contribution in [0.1, 0.15) is 36.1 Å². The van der Waals surface area contributed by atoms with Gasteiger partial charge >= 0.3 is 0 Å². The summed E-state index contributed by atoms with van der Waals surface area (Å²) in [6, 6.07) is 8.45. The molecule has 3 rings (SSSR count). The standard InChI is InChI=1S/C17H20N4/c1-3-7-19-17(14-9-13(2)10-18-11-14)15-12-20-21-8-5-4-6-16(15)21/h4-6,8-12,17,19H,3,7H2,1-2H3. The molecule has 0 saturated carbocycles. The van der Waals surface area contributed by atoms with Gasteiger partial charge in [-0.2, -0.15) is 5.10 Å². The van der Waals surface area contributed by atoms with Gasteiger partial charge in [-0.25, -0.2) is 4.52 Å². The highest BCUT2D eigenvalue weighted by molar-refractivity contribution is 5.57. The zero-order valence-corrected chi connectivity index (χ0v) is 12.5. The maximum absolute atomic E-state index is 4.45. The van der Waals surface area contributed by atoms with Crippen LogP contribution in [0.3, 0.4) is 0 Å². The van der Waals surface area contributed by atoms with Crippen LogP contribution >= 0.6 is 0 Å². The van der Waals surface area contributed by atoms with Crippen molar-refractivity contribution in [2.24, 2.45) is 0 Å². The van der Waals surface area contributed by atoms with E-state index in [1.807, 2.05) is 41.4 Å². The van der Waals surface area contributed by atoms with E-state index < -0.39 is 0 Å². The van der Waals surface area contributed by atoms with Gasteiger partial charge in [0.05, 0.1) is 17.8 Å². The molecule has 0 spiro atoms. The first-order chi connectivity index (χ1) is 10.3. The monoisotopic (exact) mass is 280 g/mol. The molecule has 0 saturated heterocycles. The molecule has 0 radical (unpaired) electrons. The Balaban J connectivity index is 2.06. The van der Waals surface area contributed by atoms with Gasteiger partial charge in [0.2, 0.25) is 0 Å². The fraction of sp³-hybridized carbons (Fsp3) is 0.294. The second-order valence-electron chi connectivity index (χ2n) is 5.31. The van der Waals surface area contributed by atoms with E-state index in [1.54, 1.807) is 0 Å². The highest BCUT2D eigenvalue weighted by atomic mass is 15.2. The van der Waals surface area contributed by atoms with Crippen LogP contribution < -0.4 is 5.32 Å². The zero-order chi connectivity index (χ0) is 14.7. The highest BCUT2D eigenvalue weighted by Crippen LogP contribution is 2.25. The summed E-state index contributed by atoms with van der Waals surface area (Å²) in [6.07, 6.45) is 8.84. The van der Waals surface area contributed by atoms with Crippen molar-refractivity contribution in [1.82, 2.24) is 19.9 Å². The zero-order valence-electron chi connectivity index (χ0n) is 12.5. The van der Waals surface area contributed by atoms with Gasteiger partial charge in [0, 0.05) is 24.2 Å². The van der Waals surface area contributed by atoms with Crippen molar-refractivity contribution in [3.05, 3.63) is 65.7 Å². The molecule has 1 unspecified atom stereocenters. The minimum atomic E-state index is 0.122. The largest absolute Gasteiger partial charge is 0.306 e. The van der Waals surface area contributed by atoms with E-state index in [0.29, 0.717) is 0 Å². The van der Waals surface area contributed by atoms with Crippen molar-refractivity contribution < 1.29 is 0 Å². The van der Waals surface area contributed by atoms with Gasteiger partial charge in [0.25, 0.3) is 0 Å². The lowest BCUT2D eigenvalue weighted by molar-refractivity contribution is 0.599. The Labute approximate surface area is 124 Å². The predicted molar refractivity (Wildman–Crippen MR) is 84.3 cm³/mol. The second kappa shape index (κ2) is 6.06. The average Bonchev–Trinajstić information content (AvgIpc) is 2.92. The van der Waals surface area contributed by atoms with Crippen molar-refractivity contribution in [3.8, 4) is 0 Å². The van der Waals surface area contributed by atoms with Crippen LogP contribution in [0.2, 0.25) is 0 Å². The molecule has 108 valence electrons. The van der Waals surface area contributed by atoms with Gasteiger partial charge in [-0.05, 0) is 43.1 Å². The lowest BCUT2D eigenvalue weighted by Crippen LogP contribution is -2.23. The van der Waals surface area contributed by atoms with E-state index in [9.17, 15) is 0 Å². The average molecular weight is 280 g/mol. The lowest BCUT2D eigenvalue weighted by Gasteiger charge is -2.18. The number of pyridine rings is 2. The molecule has 4 nitrogen and oxygen atoms in total. The number of aromatic nitrogens is 3. The minimum absolute atomic E-state index is 0.122. The van der Waals surface area contributed by atoms with E-state index in [1.165, 1.54) is 16.7 Å². The quantitative estimate of drug-likeness (QED) is 0.780. The molecular formula is C17H20N4. The molecule has 1 atom stereocenters. The molecule has 1 N–H and O–H groups in total. The van der Waals surface area contributed by atoms with Gasteiger partial charge in [-0.1, -0.05) is 19.1 Å². The summed E-state index contributed by atoms with van der Waals surface area (Å²) >= 11 is 0. The Morgan fingerprint density at radius 2 is 2.14 bits per heavy atom. The predicted octanol–water partition coefficient (Wildman–Crippen LogP) is 3.13. The van der Waals surface area contributed by atoms with Crippen LogP contribution in [-0.2, 0) is 0 Å². The summed E-state index contributed by atoms with van der Waals surface area (Å²) < 4.78 is 1.92. The third-order valence-corrected chi connectivity index (χ3v) is 3.60. The van der Waals surface area contributed by atoms with Crippen LogP contribution in [0.25, 0.3) is 5.52 Å². The highest BCUT2D eigenvalue weighted by Gasteiger charge is 2.18. The Bertz CT molecular complexity index is 732. The number of rotatable bonds is 5. The molecule has 3 aromatic rings. The van der Waals surface area contributed by atoms with E-state index in [2.05, 4.69) is 41.4 Å². The van der Waals surface area contributed by atoms with Crippen molar-refractivity contribution in [2.45, 2.75) is 26.3 Å². The number of aryl methyl sites for hydroxylation is 1. The number of hydrogen-bond donors (Lipinski definition) is 1. The summed E-state index contributed by atoms with van der Waals surface area (Å²) in [5.74, 6) is 0. The van der Waals surface area contributed by atoms with Gasteiger partial charge in [-0.3, -0.25) is 4.98 Å². The molecule has 21 heavy (non-hydrogen) atoms. The first-order valence-corrected chi connectivity index (χ1v) is 7.37. The topological polar surface area (TPSA) is 42.2 Å². The summed E-state index contributed by atoms with van der Waals surface area (Å²) in [7, 11) is 0. The van der Waals surface area contributed by atoms with Crippen LogP contribution in [-0.4, -0.2) is 21.1 Å². The maximum Gasteiger partial charge on any atom is 0.0712 e. The Morgan fingerprint density at radius 1 is 1.24 bits per heavy atom. The molecule has 3 aromatic heterocycles. The van der Waals surface area contributed by atoms with Gasteiger partial charge in [-0.15, -0.1) is 0 Å². The summed E-state index contributed by atoms with van der Waals surface area (Å²) in [5, 5.41) is 8.07. The number of fused-ring (bicyclic) bond motifs is 1. The summed E-state index contributed by atoms with van der Waals surface area (Å²) in [6.45, 7) is 5.21. The molecule has 3 heterocycles. The Kier molecular flexibility index (Phi) is 3.97. The Morgan fingerprint density at radius 3 is 2.95 bits per heavy atom. The third-order valence-electron chi connectivity index (χ3n) is 3.60. The molecule has 0 aliphatic rings. The molecular weight excluding hydrogens is 260 g/mol. The van der Waals surface area contributed by atoms with Gasteiger partial charge in [0.1, 0.15) is 0 Å². The maximum atomic E-state index is 4.45. The minimum Gasteiger partial charge on any atom is -0.306 e. The smallest absolute Gasteiger partial charge is 0.0712 e. The first kappa shape index (κ1) is 13.8. The molecule has 4 heteroatoms. The van der Waals surface area contributed by atoms with Crippen LogP contribution in [0, 0.1) is 6.92 Å². The molecule has 0 fully saturated rings. The number of nitrogens with zero attached hydrogens (tertiary/aromatic N) is 3. The van der Waals surface area contributed by atoms with E-state index >= 15 is 0 Å². The van der Waals surface area contributed by atoms with Crippen molar-refractivity contribution in [3.63, 3.8) is 0 Å². The number of nitrogens with one attached hydrogen (secondary N) is 1. The Hall–Kier alpha value is -2.20. The molecule has 0 amide bonds. The first-order valence-electron chi connectivity index (χ1n) is 7.37. The van der Waals surface area contributed by atoms with Crippen LogP contribution in [0.5, 0.6) is 0 Å². The summed E-state index contributed by atoms with van der Waals surface area (Å²) in [4.78, 5) is 4.34. The lowest BCUT2D eigenvalue weighted by atomic mass is 10.00. The van der Waals surface area contributed by atoms with Crippen molar-refractivity contribution >= 4 is 5.52 Å². The molecule has 0 aromatic carbocycles. The van der Waals surface area contributed by atoms with E-state index in [4.69, 9.17) is 0 Å².